The zero-order chi connectivity index (χ0) is 13.7. The molecule has 1 saturated carbocycles. The summed E-state index contributed by atoms with van der Waals surface area (Å²) in [6, 6.07) is 0.294. The molecule has 1 heterocycles. The van der Waals surface area contributed by atoms with Crippen LogP contribution in [0.5, 0.6) is 0 Å². The van der Waals surface area contributed by atoms with E-state index in [1.54, 1.807) is 0 Å². The number of aliphatic carboxylic acids is 1. The number of ether oxygens (including phenoxy) is 1. The van der Waals surface area contributed by atoms with Gasteiger partial charge in [0.15, 0.2) is 0 Å². The van der Waals surface area contributed by atoms with Gasteiger partial charge in [0.2, 0.25) is 0 Å². The number of amides is 1. The fraction of sp³-hybridized carbons (Fsp3) is 0.857. The molecule has 1 unspecified atom stereocenters. The molecule has 2 fully saturated rings. The zero-order valence-electron chi connectivity index (χ0n) is 11.3. The van der Waals surface area contributed by atoms with Crippen LogP contribution in [0.2, 0.25) is 0 Å². The molecule has 0 aromatic rings. The second kappa shape index (κ2) is 6.78. The molecule has 2 aliphatic rings. The van der Waals surface area contributed by atoms with E-state index in [2.05, 4.69) is 0 Å². The van der Waals surface area contributed by atoms with Crippen LogP contribution in [0, 0.1) is 5.92 Å². The van der Waals surface area contributed by atoms with Crippen LogP contribution in [-0.2, 0) is 9.53 Å². The molecule has 0 bridgehead atoms. The van der Waals surface area contributed by atoms with Gasteiger partial charge in [0.25, 0.3) is 0 Å². The Hall–Kier alpha value is -1.26. The SMILES string of the molecule is O=C(O)CCC1COC(=O)N(C2CCCCCC2)C1. The number of carboxylic acid groups (broad SMARTS) is 1. The minimum absolute atomic E-state index is 0.153. The maximum atomic E-state index is 11.9. The first-order chi connectivity index (χ1) is 9.16. The Balaban J connectivity index is 1.89. The van der Waals surface area contributed by atoms with E-state index in [4.69, 9.17) is 9.84 Å². The lowest BCUT2D eigenvalue weighted by Gasteiger charge is -2.37. The summed E-state index contributed by atoms with van der Waals surface area (Å²) in [7, 11) is 0. The fourth-order valence-electron chi connectivity index (χ4n) is 3.05. The Labute approximate surface area is 113 Å². The van der Waals surface area contributed by atoms with Crippen molar-refractivity contribution in [2.45, 2.75) is 57.4 Å². The lowest BCUT2D eigenvalue weighted by molar-refractivity contribution is -0.137. The molecule has 0 spiro atoms. The van der Waals surface area contributed by atoms with Gasteiger partial charge in [-0.15, -0.1) is 0 Å². The van der Waals surface area contributed by atoms with Gasteiger partial charge >= 0.3 is 12.1 Å². The van der Waals surface area contributed by atoms with E-state index in [0.717, 1.165) is 12.8 Å². The minimum Gasteiger partial charge on any atom is -0.481 e. The van der Waals surface area contributed by atoms with Gasteiger partial charge in [-0.25, -0.2) is 4.79 Å². The maximum absolute atomic E-state index is 11.9. The summed E-state index contributed by atoms with van der Waals surface area (Å²) < 4.78 is 5.22. The van der Waals surface area contributed by atoms with Crippen LogP contribution in [0.25, 0.3) is 0 Å². The highest BCUT2D eigenvalue weighted by Crippen LogP contribution is 2.26. The van der Waals surface area contributed by atoms with Gasteiger partial charge in [0, 0.05) is 24.9 Å². The van der Waals surface area contributed by atoms with Crippen LogP contribution in [0.4, 0.5) is 4.79 Å². The van der Waals surface area contributed by atoms with E-state index >= 15 is 0 Å². The molecule has 1 aliphatic heterocycles. The lowest BCUT2D eigenvalue weighted by Crippen LogP contribution is -2.48. The van der Waals surface area contributed by atoms with Crippen molar-refractivity contribution in [1.29, 1.82) is 0 Å². The van der Waals surface area contributed by atoms with Crippen LogP contribution in [0.1, 0.15) is 51.4 Å². The first-order valence-electron chi connectivity index (χ1n) is 7.32. The minimum atomic E-state index is -0.780. The maximum Gasteiger partial charge on any atom is 0.410 e. The molecule has 0 aromatic carbocycles. The molecule has 1 N–H and O–H groups in total. The molecule has 1 aliphatic carbocycles. The summed E-state index contributed by atoms with van der Waals surface area (Å²) in [5.74, 6) is -0.616. The van der Waals surface area contributed by atoms with Gasteiger partial charge in [0.05, 0.1) is 6.61 Å². The summed E-state index contributed by atoms with van der Waals surface area (Å²) in [5.41, 5.74) is 0. The standard InChI is InChI=1S/C14H23NO4/c16-13(17)8-7-11-9-15(14(18)19-10-11)12-5-3-1-2-4-6-12/h11-12H,1-10H2,(H,16,17). The van der Waals surface area contributed by atoms with E-state index in [1.807, 2.05) is 4.90 Å². The molecular formula is C14H23NO4. The average molecular weight is 269 g/mol. The van der Waals surface area contributed by atoms with Crippen molar-refractivity contribution < 1.29 is 19.4 Å². The van der Waals surface area contributed by atoms with E-state index < -0.39 is 5.97 Å². The summed E-state index contributed by atoms with van der Waals surface area (Å²) >= 11 is 0. The Morgan fingerprint density at radius 3 is 2.58 bits per heavy atom. The van der Waals surface area contributed by atoms with Crippen molar-refractivity contribution in [3.8, 4) is 0 Å². The fourth-order valence-corrected chi connectivity index (χ4v) is 3.05. The molecule has 19 heavy (non-hydrogen) atoms. The van der Waals surface area contributed by atoms with Crippen LogP contribution in [-0.4, -0.2) is 41.3 Å². The quantitative estimate of drug-likeness (QED) is 0.797. The van der Waals surface area contributed by atoms with Gasteiger partial charge in [-0.2, -0.15) is 0 Å². The second-order valence-electron chi connectivity index (χ2n) is 5.67. The third-order valence-electron chi connectivity index (χ3n) is 4.16. The predicted molar refractivity (Wildman–Crippen MR) is 69.9 cm³/mol. The Morgan fingerprint density at radius 2 is 1.95 bits per heavy atom. The lowest BCUT2D eigenvalue weighted by atomic mass is 9.99. The van der Waals surface area contributed by atoms with E-state index in [1.165, 1.54) is 25.7 Å². The topological polar surface area (TPSA) is 66.8 Å². The molecular weight excluding hydrogens is 246 g/mol. The highest BCUT2D eigenvalue weighted by atomic mass is 16.6. The Bertz CT molecular complexity index is 323. The number of carboxylic acids is 1. The second-order valence-corrected chi connectivity index (χ2v) is 5.67. The van der Waals surface area contributed by atoms with Crippen molar-refractivity contribution in [1.82, 2.24) is 4.90 Å². The number of nitrogens with zero attached hydrogens (tertiary/aromatic N) is 1. The van der Waals surface area contributed by atoms with Crippen LogP contribution in [0.3, 0.4) is 0 Å². The average Bonchev–Trinajstić information content (AvgIpc) is 2.66. The van der Waals surface area contributed by atoms with Crippen LogP contribution in [0.15, 0.2) is 0 Å². The number of hydrogen-bond donors (Lipinski definition) is 1. The molecule has 0 aromatic heterocycles. The Kier molecular flexibility index (Phi) is 5.05. The number of hydrogen-bond acceptors (Lipinski definition) is 3. The highest BCUT2D eigenvalue weighted by molar-refractivity contribution is 5.69. The number of carbonyl (C=O) groups excluding carboxylic acids is 1. The molecule has 0 radical (unpaired) electrons. The van der Waals surface area contributed by atoms with Crippen LogP contribution >= 0.6 is 0 Å². The first kappa shape index (κ1) is 14.2. The van der Waals surface area contributed by atoms with E-state index in [9.17, 15) is 9.59 Å². The van der Waals surface area contributed by atoms with E-state index in [-0.39, 0.29) is 18.4 Å². The Morgan fingerprint density at radius 1 is 1.26 bits per heavy atom. The number of cyclic esters (lactones) is 1. The largest absolute Gasteiger partial charge is 0.481 e. The molecule has 1 saturated heterocycles. The molecule has 5 nitrogen and oxygen atoms in total. The third kappa shape index (κ3) is 4.11. The van der Waals surface area contributed by atoms with Crippen molar-refractivity contribution >= 4 is 12.1 Å². The first-order valence-corrected chi connectivity index (χ1v) is 7.32. The summed E-state index contributed by atoms with van der Waals surface area (Å²) in [4.78, 5) is 24.3. The van der Waals surface area contributed by atoms with Gasteiger partial charge in [-0.05, 0) is 19.3 Å². The zero-order valence-corrected chi connectivity index (χ0v) is 11.3. The smallest absolute Gasteiger partial charge is 0.410 e. The molecule has 2 rings (SSSR count). The monoisotopic (exact) mass is 269 g/mol. The molecule has 5 heteroatoms. The van der Waals surface area contributed by atoms with Gasteiger partial charge in [0.1, 0.15) is 0 Å². The van der Waals surface area contributed by atoms with Crippen molar-refractivity contribution in [2.24, 2.45) is 5.92 Å². The molecule has 108 valence electrons. The summed E-state index contributed by atoms with van der Waals surface area (Å²) in [6.45, 7) is 1.03. The van der Waals surface area contributed by atoms with Gasteiger partial charge < -0.3 is 14.7 Å². The van der Waals surface area contributed by atoms with Crippen molar-refractivity contribution in [3.63, 3.8) is 0 Å². The van der Waals surface area contributed by atoms with Gasteiger partial charge in [-0.1, -0.05) is 25.7 Å². The normalized spacial score (nSPS) is 25.8. The number of rotatable bonds is 4. The third-order valence-corrected chi connectivity index (χ3v) is 4.16. The number of carbonyl (C=O) groups is 2. The predicted octanol–water partition coefficient (Wildman–Crippen LogP) is 2.64. The summed E-state index contributed by atoms with van der Waals surface area (Å²) in [5, 5.41) is 8.73. The molecule has 1 amide bonds. The summed E-state index contributed by atoms with van der Waals surface area (Å²) in [6.07, 6.45) is 7.50. The van der Waals surface area contributed by atoms with Crippen molar-refractivity contribution in [3.05, 3.63) is 0 Å². The highest BCUT2D eigenvalue weighted by Gasteiger charge is 2.32. The van der Waals surface area contributed by atoms with Crippen LogP contribution < -0.4 is 0 Å². The van der Waals surface area contributed by atoms with Crippen molar-refractivity contribution in [2.75, 3.05) is 13.2 Å². The van der Waals surface area contributed by atoms with Gasteiger partial charge in [-0.3, -0.25) is 4.79 Å². The molecule has 1 atom stereocenters. The van der Waals surface area contributed by atoms with E-state index in [0.29, 0.717) is 25.6 Å².